The van der Waals surface area contributed by atoms with Crippen molar-refractivity contribution in [3.8, 4) is 0 Å². The van der Waals surface area contributed by atoms with Crippen molar-refractivity contribution in [2.45, 2.75) is 75.1 Å². The van der Waals surface area contributed by atoms with E-state index in [1.807, 2.05) is 10.8 Å². The molecule has 2 saturated carbocycles. The standard InChI is InChI=1S/C23H31F3N2O4S/c24-19-4-1-3-17(13-19)16-5-7-20(8-6-16)32-15-18-14-28(22(29)23(25)10-2-11-23)12-9-21(18)27-33(26,30)31/h1,3-4,13,16,18,20-21,27H,2,5-12,14-15H2. The largest absolute Gasteiger partial charge is 0.378 e. The van der Waals surface area contributed by atoms with Crippen molar-refractivity contribution < 1.29 is 30.6 Å². The molecule has 1 aliphatic heterocycles. The van der Waals surface area contributed by atoms with Gasteiger partial charge < -0.3 is 9.64 Å². The van der Waals surface area contributed by atoms with Gasteiger partial charge in [-0.05, 0) is 75.0 Å². The number of nitrogens with one attached hydrogen (secondary N) is 1. The molecule has 1 aromatic carbocycles. The monoisotopic (exact) mass is 488 g/mol. The summed E-state index contributed by atoms with van der Waals surface area (Å²) in [7, 11) is -4.91. The van der Waals surface area contributed by atoms with Gasteiger partial charge in [-0.1, -0.05) is 16.0 Å². The maximum atomic E-state index is 14.6. The minimum atomic E-state index is -4.91. The quantitative estimate of drug-likeness (QED) is 0.593. The van der Waals surface area contributed by atoms with Crippen molar-refractivity contribution in [1.29, 1.82) is 0 Å². The topological polar surface area (TPSA) is 75.7 Å². The normalized spacial score (nSPS) is 30.0. The van der Waals surface area contributed by atoms with Crippen molar-refractivity contribution in [2.75, 3.05) is 19.7 Å². The van der Waals surface area contributed by atoms with Crippen molar-refractivity contribution in [3.05, 3.63) is 35.6 Å². The van der Waals surface area contributed by atoms with Crippen molar-refractivity contribution >= 4 is 16.3 Å². The number of carbonyl (C=O) groups is 1. The predicted octanol–water partition coefficient (Wildman–Crippen LogP) is 3.78. The van der Waals surface area contributed by atoms with Gasteiger partial charge in [0.25, 0.3) is 5.91 Å². The lowest BCUT2D eigenvalue weighted by molar-refractivity contribution is -0.153. The summed E-state index contributed by atoms with van der Waals surface area (Å²) in [5, 5.41) is 0. The Kier molecular flexibility index (Phi) is 7.35. The molecule has 184 valence electrons. The summed E-state index contributed by atoms with van der Waals surface area (Å²) in [4.78, 5) is 14.0. The molecule has 1 heterocycles. The third-order valence-electron chi connectivity index (χ3n) is 7.38. The van der Waals surface area contributed by atoms with Gasteiger partial charge in [0.1, 0.15) is 5.82 Å². The zero-order chi connectivity index (χ0) is 23.6. The SMILES string of the molecule is O=C(N1CCC(NS(=O)(=O)F)C(COC2CCC(c3cccc(F)c3)CC2)C1)C1(F)CCC1. The van der Waals surface area contributed by atoms with Crippen LogP contribution in [0.2, 0.25) is 0 Å². The molecule has 0 bridgehead atoms. The van der Waals surface area contributed by atoms with E-state index < -0.39 is 33.9 Å². The Labute approximate surface area is 193 Å². The van der Waals surface area contributed by atoms with E-state index in [2.05, 4.69) is 0 Å². The molecule has 2 unspecified atom stereocenters. The molecule has 0 spiro atoms. The van der Waals surface area contributed by atoms with Crippen molar-refractivity contribution in [1.82, 2.24) is 9.62 Å². The minimum absolute atomic E-state index is 0.0531. The van der Waals surface area contributed by atoms with Gasteiger partial charge in [-0.3, -0.25) is 4.79 Å². The molecule has 0 aromatic heterocycles. The first kappa shape index (κ1) is 24.5. The van der Waals surface area contributed by atoms with E-state index in [4.69, 9.17) is 4.74 Å². The molecule has 1 N–H and O–H groups in total. The molecule has 2 atom stereocenters. The Hall–Kier alpha value is -1.65. The van der Waals surface area contributed by atoms with Crippen LogP contribution < -0.4 is 4.72 Å². The Morgan fingerprint density at radius 1 is 1.18 bits per heavy atom. The number of hydrogen-bond donors (Lipinski definition) is 1. The van der Waals surface area contributed by atoms with Gasteiger partial charge in [0.15, 0.2) is 5.67 Å². The molecule has 1 amide bonds. The Balaban J connectivity index is 1.33. The molecule has 3 aliphatic rings. The molecule has 3 fully saturated rings. The number of benzene rings is 1. The lowest BCUT2D eigenvalue weighted by atomic mass is 9.80. The maximum Gasteiger partial charge on any atom is 0.372 e. The van der Waals surface area contributed by atoms with Gasteiger partial charge in [0, 0.05) is 25.0 Å². The van der Waals surface area contributed by atoms with E-state index in [1.54, 1.807) is 12.1 Å². The second-order valence-electron chi connectivity index (χ2n) is 9.64. The molecule has 10 heteroatoms. The van der Waals surface area contributed by atoms with Gasteiger partial charge in [-0.25, -0.2) is 8.78 Å². The van der Waals surface area contributed by atoms with E-state index in [0.717, 1.165) is 31.2 Å². The van der Waals surface area contributed by atoms with E-state index in [-0.39, 0.29) is 56.8 Å². The van der Waals surface area contributed by atoms with Crippen LogP contribution in [0.5, 0.6) is 0 Å². The fraction of sp³-hybridized carbons (Fsp3) is 0.696. The predicted molar refractivity (Wildman–Crippen MR) is 117 cm³/mol. The van der Waals surface area contributed by atoms with Crippen LogP contribution in [0.25, 0.3) is 0 Å². The van der Waals surface area contributed by atoms with Crippen LogP contribution in [0.1, 0.15) is 62.8 Å². The third-order valence-corrected chi connectivity index (χ3v) is 7.97. The average molecular weight is 489 g/mol. The highest BCUT2D eigenvalue weighted by Crippen LogP contribution is 2.39. The van der Waals surface area contributed by atoms with Crippen molar-refractivity contribution in [2.24, 2.45) is 5.92 Å². The number of rotatable bonds is 7. The van der Waals surface area contributed by atoms with E-state index in [9.17, 15) is 25.9 Å². The number of hydrogen-bond acceptors (Lipinski definition) is 4. The van der Waals surface area contributed by atoms with E-state index in [0.29, 0.717) is 6.42 Å². The highest BCUT2D eigenvalue weighted by atomic mass is 32.3. The zero-order valence-electron chi connectivity index (χ0n) is 18.5. The number of halogens is 3. The smallest absolute Gasteiger partial charge is 0.372 e. The number of likely N-dealkylation sites (tertiary alicyclic amines) is 1. The number of alkyl halides is 1. The molecule has 4 rings (SSSR count). The molecule has 33 heavy (non-hydrogen) atoms. The summed E-state index contributed by atoms with van der Waals surface area (Å²) in [6, 6.07) is 5.90. The average Bonchev–Trinajstić information content (AvgIpc) is 2.75. The highest BCUT2D eigenvalue weighted by Gasteiger charge is 2.48. The zero-order valence-corrected chi connectivity index (χ0v) is 19.3. The molecular weight excluding hydrogens is 457 g/mol. The Morgan fingerprint density at radius 3 is 2.52 bits per heavy atom. The van der Waals surface area contributed by atoms with Gasteiger partial charge in [-0.2, -0.15) is 13.1 Å². The lowest BCUT2D eigenvalue weighted by Gasteiger charge is -2.43. The van der Waals surface area contributed by atoms with Crippen LogP contribution >= 0.6 is 0 Å². The summed E-state index contributed by atoms with van der Waals surface area (Å²) in [6.07, 6.45) is 4.45. The van der Waals surface area contributed by atoms with Crippen LogP contribution in [0, 0.1) is 11.7 Å². The van der Waals surface area contributed by atoms with Gasteiger partial charge in [0.2, 0.25) is 0 Å². The number of piperidine rings is 1. The van der Waals surface area contributed by atoms with Crippen LogP contribution in [0.4, 0.5) is 12.7 Å². The summed E-state index contributed by atoms with van der Waals surface area (Å²) in [6.45, 7) is 0.439. The van der Waals surface area contributed by atoms with E-state index in [1.165, 1.54) is 11.0 Å². The van der Waals surface area contributed by atoms with E-state index >= 15 is 0 Å². The number of nitrogens with zero attached hydrogens (tertiary/aromatic N) is 1. The Bertz CT molecular complexity index is 949. The summed E-state index contributed by atoms with van der Waals surface area (Å²) < 4.78 is 72.0. The molecular formula is C23H31F3N2O4S. The number of carbonyl (C=O) groups excluding carboxylic acids is 1. The highest BCUT2D eigenvalue weighted by molar-refractivity contribution is 7.84. The second-order valence-corrected chi connectivity index (χ2v) is 10.8. The first-order chi connectivity index (χ1) is 15.6. The second kappa shape index (κ2) is 9.92. The molecule has 2 aliphatic carbocycles. The van der Waals surface area contributed by atoms with Crippen LogP contribution in [0.3, 0.4) is 0 Å². The van der Waals surface area contributed by atoms with Crippen LogP contribution in [-0.4, -0.2) is 56.7 Å². The third kappa shape index (κ3) is 6.08. The summed E-state index contributed by atoms with van der Waals surface area (Å²) >= 11 is 0. The molecule has 6 nitrogen and oxygen atoms in total. The Morgan fingerprint density at radius 2 is 1.91 bits per heavy atom. The summed E-state index contributed by atoms with van der Waals surface area (Å²) in [5.41, 5.74) is -0.851. The van der Waals surface area contributed by atoms with Gasteiger partial charge in [0.05, 0.1) is 12.7 Å². The van der Waals surface area contributed by atoms with Crippen LogP contribution in [0.15, 0.2) is 24.3 Å². The minimum Gasteiger partial charge on any atom is -0.378 e. The fourth-order valence-corrected chi connectivity index (χ4v) is 5.96. The molecule has 1 saturated heterocycles. The van der Waals surface area contributed by atoms with Crippen molar-refractivity contribution in [3.63, 3.8) is 0 Å². The van der Waals surface area contributed by atoms with Crippen LogP contribution in [-0.2, 0) is 19.9 Å². The molecule has 0 radical (unpaired) electrons. The first-order valence-corrected chi connectivity index (χ1v) is 13.1. The number of amides is 1. The molecule has 1 aromatic rings. The maximum absolute atomic E-state index is 14.6. The summed E-state index contributed by atoms with van der Waals surface area (Å²) in [5.74, 6) is -1.02. The number of ether oxygens (including phenoxy) is 1. The van der Waals surface area contributed by atoms with Gasteiger partial charge in [-0.15, -0.1) is 0 Å². The first-order valence-electron chi connectivity index (χ1n) is 11.7. The fourth-order valence-electron chi connectivity index (χ4n) is 5.29. The van der Waals surface area contributed by atoms with Gasteiger partial charge >= 0.3 is 10.4 Å². The lowest BCUT2D eigenvalue weighted by Crippen LogP contribution is -2.58.